The number of hydrogen-bond acceptors (Lipinski definition) is 3. The van der Waals surface area contributed by atoms with E-state index in [1.807, 2.05) is 0 Å². The Hall–Kier alpha value is -0.990. The predicted molar refractivity (Wildman–Crippen MR) is 77.0 cm³/mol. The maximum absolute atomic E-state index is 12.6. The van der Waals surface area contributed by atoms with Crippen molar-refractivity contribution in [3.05, 3.63) is 28.8 Å². The van der Waals surface area contributed by atoms with Gasteiger partial charge in [-0.05, 0) is 44.6 Å². The molecule has 0 spiro atoms. The third-order valence-electron chi connectivity index (χ3n) is 2.59. The minimum atomic E-state index is -4.59. The van der Waals surface area contributed by atoms with E-state index in [2.05, 4.69) is 10.0 Å². The Labute approximate surface area is 126 Å². The van der Waals surface area contributed by atoms with Crippen LogP contribution in [0.3, 0.4) is 0 Å². The number of halogens is 4. The van der Waals surface area contributed by atoms with Gasteiger partial charge in [0.15, 0.2) is 0 Å². The molecule has 1 aromatic rings. The number of rotatable bonds is 7. The fourth-order valence-electron chi connectivity index (χ4n) is 1.64. The van der Waals surface area contributed by atoms with E-state index in [4.69, 9.17) is 11.6 Å². The van der Waals surface area contributed by atoms with Crippen LogP contribution in [0.4, 0.5) is 18.9 Å². The highest BCUT2D eigenvalue weighted by Crippen LogP contribution is 2.33. The number of alkyl halides is 3. The van der Waals surface area contributed by atoms with Crippen molar-refractivity contribution in [3.8, 4) is 0 Å². The van der Waals surface area contributed by atoms with Crippen LogP contribution in [0.2, 0.25) is 5.02 Å². The van der Waals surface area contributed by atoms with Gasteiger partial charge in [-0.25, -0.2) is 8.42 Å². The lowest BCUT2D eigenvalue weighted by molar-refractivity contribution is -0.137. The number of benzene rings is 1. The summed E-state index contributed by atoms with van der Waals surface area (Å²) in [7, 11) is -1.95. The molecular weight excluding hydrogens is 329 g/mol. The van der Waals surface area contributed by atoms with Crippen molar-refractivity contribution in [2.24, 2.45) is 0 Å². The number of anilines is 1. The van der Waals surface area contributed by atoms with Crippen LogP contribution in [0.15, 0.2) is 18.2 Å². The van der Waals surface area contributed by atoms with Crippen LogP contribution in [0.1, 0.15) is 18.4 Å². The van der Waals surface area contributed by atoms with Crippen molar-refractivity contribution in [1.29, 1.82) is 0 Å². The zero-order chi connectivity index (χ0) is 16.1. The molecule has 0 aliphatic heterocycles. The van der Waals surface area contributed by atoms with Gasteiger partial charge in [0.05, 0.1) is 17.0 Å². The Kier molecular flexibility index (Phi) is 6.30. The molecule has 0 radical (unpaired) electrons. The molecule has 0 aliphatic carbocycles. The van der Waals surface area contributed by atoms with E-state index in [0.29, 0.717) is 19.4 Å². The molecule has 21 heavy (non-hydrogen) atoms. The first-order valence-electron chi connectivity index (χ1n) is 6.17. The molecule has 0 amide bonds. The quantitative estimate of drug-likeness (QED) is 0.747. The van der Waals surface area contributed by atoms with Gasteiger partial charge < -0.3 is 5.32 Å². The second kappa shape index (κ2) is 7.33. The summed E-state index contributed by atoms with van der Waals surface area (Å²) in [6.45, 7) is 0.672. The zero-order valence-electron chi connectivity index (χ0n) is 11.3. The van der Waals surface area contributed by atoms with Gasteiger partial charge in [-0.1, -0.05) is 11.6 Å². The van der Waals surface area contributed by atoms with E-state index in [0.717, 1.165) is 18.2 Å². The molecule has 0 unspecified atom stereocenters. The first-order chi connectivity index (χ1) is 9.64. The Bertz CT molecular complexity index is 576. The van der Waals surface area contributed by atoms with Gasteiger partial charge in [0.25, 0.3) is 0 Å². The van der Waals surface area contributed by atoms with Crippen molar-refractivity contribution in [1.82, 2.24) is 5.32 Å². The van der Waals surface area contributed by atoms with Crippen LogP contribution in [0.25, 0.3) is 0 Å². The molecule has 0 fully saturated rings. The fourth-order valence-corrected chi connectivity index (χ4v) is 3.03. The van der Waals surface area contributed by atoms with Gasteiger partial charge in [0.2, 0.25) is 10.0 Å². The Morgan fingerprint density at radius 2 is 1.86 bits per heavy atom. The van der Waals surface area contributed by atoms with E-state index < -0.39 is 21.8 Å². The normalized spacial score (nSPS) is 12.4. The minimum absolute atomic E-state index is 0.164. The summed E-state index contributed by atoms with van der Waals surface area (Å²) in [5.41, 5.74) is -1.19. The topological polar surface area (TPSA) is 58.2 Å². The Morgan fingerprint density at radius 1 is 1.19 bits per heavy atom. The van der Waals surface area contributed by atoms with Gasteiger partial charge in [-0.15, -0.1) is 0 Å². The van der Waals surface area contributed by atoms with Gasteiger partial charge in [0, 0.05) is 5.02 Å². The highest BCUT2D eigenvalue weighted by atomic mass is 35.5. The first-order valence-corrected chi connectivity index (χ1v) is 8.20. The minimum Gasteiger partial charge on any atom is -0.320 e. The van der Waals surface area contributed by atoms with E-state index in [1.165, 1.54) is 0 Å². The number of sulfonamides is 1. The van der Waals surface area contributed by atoms with E-state index in [-0.39, 0.29) is 16.5 Å². The SMILES string of the molecule is CNCCCCS(=O)(=O)Nc1cc(Cl)cc(C(F)(F)F)c1. The summed E-state index contributed by atoms with van der Waals surface area (Å²) >= 11 is 5.59. The van der Waals surface area contributed by atoms with Crippen molar-refractivity contribution in [3.63, 3.8) is 0 Å². The molecule has 0 bridgehead atoms. The average molecular weight is 345 g/mol. The van der Waals surface area contributed by atoms with Crippen LogP contribution in [-0.4, -0.2) is 27.8 Å². The molecule has 0 saturated carbocycles. The predicted octanol–water partition coefficient (Wildman–Crippen LogP) is 3.10. The van der Waals surface area contributed by atoms with Crippen LogP contribution < -0.4 is 10.0 Å². The highest BCUT2D eigenvalue weighted by molar-refractivity contribution is 7.92. The second-order valence-electron chi connectivity index (χ2n) is 4.46. The molecule has 1 rings (SSSR count). The largest absolute Gasteiger partial charge is 0.416 e. The van der Waals surface area contributed by atoms with Crippen molar-refractivity contribution >= 4 is 27.3 Å². The Balaban J connectivity index is 2.80. The van der Waals surface area contributed by atoms with Crippen LogP contribution >= 0.6 is 11.6 Å². The summed E-state index contributed by atoms with van der Waals surface area (Å²) in [6, 6.07) is 2.60. The lowest BCUT2D eigenvalue weighted by Gasteiger charge is -2.12. The summed E-state index contributed by atoms with van der Waals surface area (Å²) < 4.78 is 63.6. The third-order valence-corrected chi connectivity index (χ3v) is 4.18. The molecule has 0 saturated heterocycles. The molecular formula is C12H16ClF3N2O2S. The molecule has 0 heterocycles. The van der Waals surface area contributed by atoms with Gasteiger partial charge >= 0.3 is 6.18 Å². The van der Waals surface area contributed by atoms with Crippen LogP contribution in [-0.2, 0) is 16.2 Å². The molecule has 1 aromatic carbocycles. The maximum atomic E-state index is 12.6. The molecule has 9 heteroatoms. The lowest BCUT2D eigenvalue weighted by atomic mass is 10.2. The lowest BCUT2D eigenvalue weighted by Crippen LogP contribution is -2.18. The highest BCUT2D eigenvalue weighted by Gasteiger charge is 2.31. The molecule has 2 N–H and O–H groups in total. The summed E-state index contributed by atoms with van der Waals surface area (Å²) in [6.07, 6.45) is -3.53. The molecule has 0 atom stereocenters. The molecule has 0 aromatic heterocycles. The summed E-state index contributed by atoms with van der Waals surface area (Å²) in [5.74, 6) is -0.164. The molecule has 0 aliphatic rings. The second-order valence-corrected chi connectivity index (χ2v) is 6.74. The van der Waals surface area contributed by atoms with Gasteiger partial charge in [-0.3, -0.25) is 4.72 Å². The number of nitrogens with one attached hydrogen (secondary N) is 2. The fraction of sp³-hybridized carbons (Fsp3) is 0.500. The Morgan fingerprint density at radius 3 is 2.43 bits per heavy atom. The van der Waals surface area contributed by atoms with Crippen LogP contribution in [0.5, 0.6) is 0 Å². The van der Waals surface area contributed by atoms with Gasteiger partial charge in [0.1, 0.15) is 0 Å². The number of unbranched alkanes of at least 4 members (excludes halogenated alkanes) is 1. The van der Waals surface area contributed by atoms with Crippen molar-refractivity contribution < 1.29 is 21.6 Å². The smallest absolute Gasteiger partial charge is 0.320 e. The standard InChI is InChI=1S/C12H16ClF3N2O2S/c1-17-4-2-3-5-21(19,20)18-11-7-9(12(14,15)16)6-10(13)8-11/h6-8,17-18H,2-5H2,1H3. The molecule has 4 nitrogen and oxygen atoms in total. The van der Waals surface area contributed by atoms with E-state index in [9.17, 15) is 21.6 Å². The first kappa shape index (κ1) is 18.1. The third kappa shape index (κ3) is 6.54. The molecule has 120 valence electrons. The van der Waals surface area contributed by atoms with Gasteiger partial charge in [-0.2, -0.15) is 13.2 Å². The zero-order valence-corrected chi connectivity index (χ0v) is 12.9. The summed E-state index contributed by atoms with van der Waals surface area (Å²) in [4.78, 5) is 0. The maximum Gasteiger partial charge on any atom is 0.416 e. The monoisotopic (exact) mass is 344 g/mol. The van der Waals surface area contributed by atoms with E-state index >= 15 is 0 Å². The van der Waals surface area contributed by atoms with Crippen molar-refractivity contribution in [2.75, 3.05) is 24.1 Å². The van der Waals surface area contributed by atoms with Crippen molar-refractivity contribution in [2.45, 2.75) is 19.0 Å². The number of hydrogen-bond donors (Lipinski definition) is 2. The average Bonchev–Trinajstić information content (AvgIpc) is 2.32. The van der Waals surface area contributed by atoms with E-state index in [1.54, 1.807) is 7.05 Å². The summed E-state index contributed by atoms with van der Waals surface area (Å²) in [5, 5.41) is 2.69. The van der Waals surface area contributed by atoms with Crippen LogP contribution in [0, 0.1) is 0 Å².